The van der Waals surface area contributed by atoms with E-state index in [1.807, 2.05) is 0 Å². The maximum Gasteiger partial charge on any atom is 0.431 e. The van der Waals surface area contributed by atoms with Gasteiger partial charge in [0.2, 0.25) is 0 Å². The number of hydrogen-bond donors (Lipinski definition) is 1. The quantitative estimate of drug-likeness (QED) is 0.749. The van der Waals surface area contributed by atoms with E-state index in [1.54, 1.807) is 18.2 Å². The lowest BCUT2D eigenvalue weighted by Crippen LogP contribution is -2.41. The molecule has 2 N–H and O–H groups in total. The largest absolute Gasteiger partial charge is 0.431 e. The lowest BCUT2D eigenvalue weighted by Gasteiger charge is -2.26. The number of nitrogens with two attached hydrogens (primary N) is 1. The van der Waals surface area contributed by atoms with E-state index < -0.39 is 48.3 Å². The summed E-state index contributed by atoms with van der Waals surface area (Å²) in [4.78, 5) is 24.2. The Bertz CT molecular complexity index is 890. The van der Waals surface area contributed by atoms with Crippen molar-refractivity contribution in [1.29, 1.82) is 0 Å². The number of hydrogen-bond acceptors (Lipinski definition) is 3. The Morgan fingerprint density at radius 2 is 1.61 bits per heavy atom. The van der Waals surface area contributed by atoms with Crippen LogP contribution in [0.4, 0.5) is 26.3 Å². The van der Waals surface area contributed by atoms with Gasteiger partial charge in [-0.3, -0.25) is 19.1 Å². The molecule has 1 aromatic carbocycles. The van der Waals surface area contributed by atoms with Gasteiger partial charge in [-0.15, -0.1) is 0 Å². The Morgan fingerprint density at radius 3 is 2.11 bits per heavy atom. The molecular weight excluding hydrogens is 392 g/mol. The summed E-state index contributed by atoms with van der Waals surface area (Å²) in [6, 6.07) is 8.78. The first-order valence-electron chi connectivity index (χ1n) is 7.82. The average molecular weight is 407 g/mol. The molecule has 0 fully saturated rings. The van der Waals surface area contributed by atoms with E-state index in [1.165, 1.54) is 12.1 Å². The zero-order valence-corrected chi connectivity index (χ0v) is 14.2. The molecule has 0 bridgehead atoms. The third-order valence-electron chi connectivity index (χ3n) is 3.72. The number of pyridine rings is 1. The van der Waals surface area contributed by atoms with Crippen molar-refractivity contribution >= 4 is 5.91 Å². The third-order valence-corrected chi connectivity index (χ3v) is 3.72. The minimum atomic E-state index is -5.02. The summed E-state index contributed by atoms with van der Waals surface area (Å²) in [5.41, 5.74) is 1.73. The molecule has 1 aromatic heterocycles. The fourth-order valence-electron chi connectivity index (χ4n) is 2.60. The van der Waals surface area contributed by atoms with Crippen LogP contribution in [0.15, 0.2) is 47.3 Å². The van der Waals surface area contributed by atoms with Crippen LogP contribution in [0.5, 0.6) is 0 Å². The number of halogens is 6. The second-order valence-corrected chi connectivity index (χ2v) is 5.96. The first kappa shape index (κ1) is 21.5. The predicted molar refractivity (Wildman–Crippen MR) is 87.1 cm³/mol. The second-order valence-electron chi connectivity index (χ2n) is 5.96. The molecule has 0 unspecified atom stereocenters. The molecule has 28 heavy (non-hydrogen) atoms. The van der Waals surface area contributed by atoms with Gasteiger partial charge in [-0.1, -0.05) is 30.3 Å². The zero-order valence-electron chi connectivity index (χ0n) is 14.2. The first-order valence-corrected chi connectivity index (χ1v) is 7.82. The molecule has 0 saturated heterocycles. The molecule has 0 aliphatic heterocycles. The molecule has 0 atom stereocenters. The van der Waals surface area contributed by atoms with E-state index >= 15 is 0 Å². The normalized spacial score (nSPS) is 12.4. The van der Waals surface area contributed by atoms with E-state index in [4.69, 9.17) is 5.73 Å². The van der Waals surface area contributed by atoms with Gasteiger partial charge < -0.3 is 5.73 Å². The van der Waals surface area contributed by atoms with Gasteiger partial charge in [0, 0.05) is 6.54 Å². The summed E-state index contributed by atoms with van der Waals surface area (Å²) in [5, 5.41) is 0. The first-order chi connectivity index (χ1) is 12.9. The average Bonchev–Trinajstić information content (AvgIpc) is 2.54. The molecule has 2 rings (SSSR count). The van der Waals surface area contributed by atoms with E-state index in [0.29, 0.717) is 22.6 Å². The third kappa shape index (κ3) is 5.59. The SMILES string of the molecule is NC(=O)c1ccc(C(F)(F)F)n(CN(Cc2ccccc2)CC(F)(F)F)c1=O. The fourth-order valence-corrected chi connectivity index (χ4v) is 2.60. The standard InChI is InChI=1S/C17H15F6N3O2/c18-16(19,20)9-25(8-11-4-2-1-3-5-11)10-26-13(17(21,22)23)7-6-12(14(24)27)15(26)28/h1-7H,8-10H2,(H2,24,27). The Labute approximate surface area is 155 Å². The smallest absolute Gasteiger partial charge is 0.365 e. The van der Waals surface area contributed by atoms with Gasteiger partial charge in [-0.05, 0) is 17.7 Å². The molecule has 152 valence electrons. The summed E-state index contributed by atoms with van der Waals surface area (Å²) < 4.78 is 78.6. The number of alkyl halides is 6. The van der Waals surface area contributed by atoms with Gasteiger partial charge >= 0.3 is 12.4 Å². The van der Waals surface area contributed by atoms with Gasteiger partial charge in [0.05, 0.1) is 13.2 Å². The molecule has 0 radical (unpaired) electrons. The van der Waals surface area contributed by atoms with E-state index in [0.717, 1.165) is 0 Å². The van der Waals surface area contributed by atoms with Crippen LogP contribution in [0.25, 0.3) is 0 Å². The second kappa shape index (κ2) is 8.05. The van der Waals surface area contributed by atoms with Crippen LogP contribution >= 0.6 is 0 Å². The number of rotatable bonds is 6. The van der Waals surface area contributed by atoms with Crippen LogP contribution in [-0.2, 0) is 19.4 Å². The molecule has 11 heteroatoms. The van der Waals surface area contributed by atoms with Crippen molar-refractivity contribution in [2.45, 2.75) is 25.6 Å². The van der Waals surface area contributed by atoms with Crippen molar-refractivity contribution in [3.05, 3.63) is 69.6 Å². The van der Waals surface area contributed by atoms with Crippen LogP contribution in [0.2, 0.25) is 0 Å². The van der Waals surface area contributed by atoms with Crippen molar-refractivity contribution < 1.29 is 31.1 Å². The lowest BCUT2D eigenvalue weighted by atomic mass is 10.2. The zero-order chi connectivity index (χ0) is 21.1. The van der Waals surface area contributed by atoms with Crippen LogP contribution in [0, 0.1) is 0 Å². The minimum absolute atomic E-state index is 0.0781. The van der Waals surface area contributed by atoms with Gasteiger partial charge in [0.15, 0.2) is 0 Å². The monoisotopic (exact) mass is 407 g/mol. The number of carbonyl (C=O) groups excluding carboxylic acids is 1. The minimum Gasteiger partial charge on any atom is -0.365 e. The molecule has 1 amide bonds. The van der Waals surface area contributed by atoms with Crippen molar-refractivity contribution in [2.24, 2.45) is 5.73 Å². The molecular formula is C17H15F6N3O2. The van der Waals surface area contributed by atoms with Crippen LogP contribution in [0.3, 0.4) is 0 Å². The topological polar surface area (TPSA) is 68.3 Å². The Kier molecular flexibility index (Phi) is 6.17. The van der Waals surface area contributed by atoms with Crippen molar-refractivity contribution in [2.75, 3.05) is 6.54 Å². The summed E-state index contributed by atoms with van der Waals surface area (Å²) in [5.74, 6) is -1.28. The number of amides is 1. The molecule has 0 aliphatic carbocycles. The van der Waals surface area contributed by atoms with Crippen LogP contribution < -0.4 is 11.3 Å². The van der Waals surface area contributed by atoms with Crippen molar-refractivity contribution in [1.82, 2.24) is 9.47 Å². The van der Waals surface area contributed by atoms with E-state index in [-0.39, 0.29) is 11.1 Å². The highest BCUT2D eigenvalue weighted by Gasteiger charge is 2.37. The van der Waals surface area contributed by atoms with Gasteiger partial charge in [-0.2, -0.15) is 26.3 Å². The Balaban J connectivity index is 2.50. The molecule has 1 heterocycles. The van der Waals surface area contributed by atoms with Gasteiger partial charge in [0.25, 0.3) is 11.5 Å². The molecule has 0 saturated carbocycles. The molecule has 5 nitrogen and oxygen atoms in total. The number of aromatic nitrogens is 1. The highest BCUT2D eigenvalue weighted by atomic mass is 19.4. The Hall–Kier alpha value is -2.82. The van der Waals surface area contributed by atoms with Crippen molar-refractivity contribution in [3.63, 3.8) is 0 Å². The van der Waals surface area contributed by atoms with Gasteiger partial charge in [-0.25, -0.2) is 0 Å². The van der Waals surface area contributed by atoms with Crippen molar-refractivity contribution in [3.8, 4) is 0 Å². The van der Waals surface area contributed by atoms with Crippen LogP contribution in [-0.4, -0.2) is 28.1 Å². The highest BCUT2D eigenvalue weighted by molar-refractivity contribution is 5.92. The molecule has 0 spiro atoms. The summed E-state index contributed by atoms with van der Waals surface area (Å²) in [6.07, 6.45) is -9.75. The van der Waals surface area contributed by atoms with Gasteiger partial charge in [0.1, 0.15) is 11.3 Å². The fraction of sp³-hybridized carbons (Fsp3) is 0.294. The number of benzene rings is 1. The number of carbonyl (C=O) groups is 1. The number of nitrogens with zero attached hydrogens (tertiary/aromatic N) is 2. The van der Waals surface area contributed by atoms with E-state index in [2.05, 4.69) is 0 Å². The molecule has 2 aromatic rings. The number of primary amides is 1. The summed E-state index contributed by atoms with van der Waals surface area (Å²) in [7, 11) is 0. The van der Waals surface area contributed by atoms with E-state index in [9.17, 15) is 35.9 Å². The highest BCUT2D eigenvalue weighted by Crippen LogP contribution is 2.29. The summed E-state index contributed by atoms with van der Waals surface area (Å²) >= 11 is 0. The Morgan fingerprint density at radius 1 is 1.00 bits per heavy atom. The molecule has 0 aliphatic rings. The summed E-state index contributed by atoms with van der Waals surface area (Å²) in [6.45, 7) is -2.97. The van der Waals surface area contributed by atoms with Crippen LogP contribution in [0.1, 0.15) is 21.6 Å². The lowest BCUT2D eigenvalue weighted by molar-refractivity contribution is -0.155. The predicted octanol–water partition coefficient (Wildman–Crippen LogP) is 2.99. The maximum atomic E-state index is 13.3. The maximum absolute atomic E-state index is 13.3.